The molecule has 0 saturated heterocycles. The molecule has 3 unspecified atom stereocenters. The molecule has 2 fully saturated rings. The van der Waals surface area contributed by atoms with Crippen molar-refractivity contribution in [1.29, 1.82) is 0 Å². The fourth-order valence-electron chi connectivity index (χ4n) is 3.97. The van der Waals surface area contributed by atoms with Gasteiger partial charge in [0.05, 0.1) is 0 Å². The second-order valence-corrected chi connectivity index (χ2v) is 6.93. The molecule has 1 aromatic rings. The fourth-order valence-corrected chi connectivity index (χ4v) is 3.97. The van der Waals surface area contributed by atoms with Crippen molar-refractivity contribution in [2.75, 3.05) is 11.9 Å². The van der Waals surface area contributed by atoms with Gasteiger partial charge in [0.15, 0.2) is 5.60 Å². The van der Waals surface area contributed by atoms with Crippen molar-refractivity contribution in [3.8, 4) is 0 Å². The maximum atomic E-state index is 12.1. The predicted molar refractivity (Wildman–Crippen MR) is 84.7 cm³/mol. The Hall–Kier alpha value is -2.08. The largest absolute Gasteiger partial charge is 0.375 e. The van der Waals surface area contributed by atoms with Gasteiger partial charge in [-0.25, -0.2) is 4.79 Å². The van der Waals surface area contributed by atoms with Crippen LogP contribution < -0.4 is 16.0 Å². The smallest absolute Gasteiger partial charge is 0.315 e. The summed E-state index contributed by atoms with van der Waals surface area (Å²) in [5.41, 5.74) is -0.364. The second kappa shape index (κ2) is 5.23. The summed E-state index contributed by atoms with van der Waals surface area (Å²) in [7, 11) is 0. The number of rotatable bonds is 4. The first-order valence-corrected chi connectivity index (χ1v) is 8.24. The van der Waals surface area contributed by atoms with Crippen LogP contribution in [0.1, 0.15) is 31.2 Å². The molecule has 3 amide bonds. The highest BCUT2D eigenvalue weighted by Crippen LogP contribution is 2.51. The summed E-state index contributed by atoms with van der Waals surface area (Å²) >= 11 is 0. The van der Waals surface area contributed by atoms with Gasteiger partial charge in [0.2, 0.25) is 0 Å². The molecule has 6 heteroatoms. The Kier molecular flexibility index (Phi) is 3.30. The summed E-state index contributed by atoms with van der Waals surface area (Å²) in [6.45, 7) is 0.240. The van der Waals surface area contributed by atoms with E-state index in [-0.39, 0.29) is 25.0 Å². The Balaban J connectivity index is 1.30. The highest BCUT2D eigenvalue weighted by Gasteiger charge is 2.46. The van der Waals surface area contributed by atoms with E-state index in [9.17, 15) is 14.7 Å². The summed E-state index contributed by atoms with van der Waals surface area (Å²) in [5.74, 6) is 1.20. The fraction of sp³-hybridized carbons (Fsp3) is 0.529. The summed E-state index contributed by atoms with van der Waals surface area (Å²) in [6, 6.07) is 7.15. The molecule has 0 bridgehead atoms. The molecule has 3 atom stereocenters. The number of amides is 3. The number of carbonyl (C=O) groups excluding carboxylic acids is 2. The zero-order valence-corrected chi connectivity index (χ0v) is 12.8. The Morgan fingerprint density at radius 3 is 2.78 bits per heavy atom. The van der Waals surface area contributed by atoms with Gasteiger partial charge in [0.1, 0.15) is 0 Å². The lowest BCUT2D eigenvalue weighted by Gasteiger charge is -2.21. The highest BCUT2D eigenvalue weighted by molar-refractivity contribution is 6.04. The summed E-state index contributed by atoms with van der Waals surface area (Å²) in [5, 5.41) is 19.1. The molecule has 122 valence electrons. The molecule has 6 nitrogen and oxygen atoms in total. The normalized spacial score (nSPS) is 33.6. The van der Waals surface area contributed by atoms with Crippen LogP contribution in [0, 0.1) is 11.8 Å². The second-order valence-electron chi connectivity index (χ2n) is 6.93. The van der Waals surface area contributed by atoms with E-state index >= 15 is 0 Å². The standard InChI is InChI=1S/C17H21N3O3/c21-15-17(23,13-3-1-2-4-14(13)20-15)5-6-18-16(22)19-12-8-10-7-11(10)9-12/h1-4,10-12,23H,5-9H2,(H,20,21)(H2,18,19,22). The van der Waals surface area contributed by atoms with Crippen LogP contribution in [0.15, 0.2) is 24.3 Å². The summed E-state index contributed by atoms with van der Waals surface area (Å²) < 4.78 is 0. The minimum Gasteiger partial charge on any atom is -0.375 e. The first-order chi connectivity index (χ1) is 11.1. The topological polar surface area (TPSA) is 90.5 Å². The number of fused-ring (bicyclic) bond motifs is 2. The van der Waals surface area contributed by atoms with Gasteiger partial charge in [0, 0.05) is 30.3 Å². The molecule has 0 spiro atoms. The molecule has 0 radical (unpaired) electrons. The number of hydrogen-bond acceptors (Lipinski definition) is 3. The number of hydrogen-bond donors (Lipinski definition) is 4. The predicted octanol–water partition coefficient (Wildman–Crippen LogP) is 1.31. The van der Waals surface area contributed by atoms with Crippen molar-refractivity contribution in [2.45, 2.75) is 37.3 Å². The lowest BCUT2D eigenvalue weighted by molar-refractivity contribution is -0.134. The Morgan fingerprint density at radius 1 is 1.26 bits per heavy atom. The van der Waals surface area contributed by atoms with Gasteiger partial charge in [-0.05, 0) is 37.2 Å². The molecule has 3 aliphatic rings. The zero-order valence-electron chi connectivity index (χ0n) is 12.8. The van der Waals surface area contributed by atoms with Gasteiger partial charge in [0.25, 0.3) is 5.91 Å². The molecule has 0 aromatic heterocycles. The third kappa shape index (κ3) is 2.57. The minimum absolute atomic E-state index is 0.152. The number of urea groups is 1. The van der Waals surface area contributed by atoms with Crippen LogP contribution >= 0.6 is 0 Å². The molecule has 1 aliphatic heterocycles. The number of benzene rings is 1. The Morgan fingerprint density at radius 2 is 2.00 bits per heavy atom. The monoisotopic (exact) mass is 315 g/mol. The molecule has 1 aromatic carbocycles. The van der Waals surface area contributed by atoms with Crippen molar-refractivity contribution >= 4 is 17.6 Å². The van der Waals surface area contributed by atoms with E-state index in [2.05, 4.69) is 16.0 Å². The van der Waals surface area contributed by atoms with E-state index in [4.69, 9.17) is 0 Å². The molecular weight excluding hydrogens is 294 g/mol. The number of aliphatic hydroxyl groups is 1. The van der Waals surface area contributed by atoms with Crippen LogP contribution in [-0.4, -0.2) is 29.6 Å². The van der Waals surface area contributed by atoms with Crippen LogP contribution in [0.3, 0.4) is 0 Å². The van der Waals surface area contributed by atoms with Gasteiger partial charge in [-0.2, -0.15) is 0 Å². The number of nitrogens with one attached hydrogen (secondary N) is 3. The van der Waals surface area contributed by atoms with E-state index in [0.29, 0.717) is 11.3 Å². The van der Waals surface area contributed by atoms with E-state index in [1.807, 2.05) is 6.07 Å². The molecule has 4 rings (SSSR count). The van der Waals surface area contributed by atoms with Crippen LogP contribution in [-0.2, 0) is 10.4 Å². The Bertz CT molecular complexity index is 652. The van der Waals surface area contributed by atoms with Crippen LogP contribution in [0.2, 0.25) is 0 Å². The maximum Gasteiger partial charge on any atom is 0.315 e. The summed E-state index contributed by atoms with van der Waals surface area (Å²) in [4.78, 5) is 24.0. The van der Waals surface area contributed by atoms with Crippen molar-refractivity contribution in [2.24, 2.45) is 11.8 Å². The number of para-hydroxylation sites is 1. The number of anilines is 1. The third-order valence-corrected chi connectivity index (χ3v) is 5.35. The van der Waals surface area contributed by atoms with Crippen LogP contribution in [0.25, 0.3) is 0 Å². The molecule has 2 saturated carbocycles. The third-order valence-electron chi connectivity index (χ3n) is 5.35. The lowest BCUT2D eigenvalue weighted by atomic mass is 9.92. The average Bonchev–Trinajstić information content (AvgIpc) is 3.04. The molecule has 2 aliphatic carbocycles. The molecular formula is C17H21N3O3. The van der Waals surface area contributed by atoms with Gasteiger partial charge < -0.3 is 21.1 Å². The van der Waals surface area contributed by atoms with Crippen LogP contribution in [0.5, 0.6) is 0 Å². The SMILES string of the molecule is O=C(NCCC1(O)C(=O)Nc2ccccc21)NC1CC2CC2C1. The van der Waals surface area contributed by atoms with Gasteiger partial charge >= 0.3 is 6.03 Å². The van der Waals surface area contributed by atoms with Crippen molar-refractivity contribution in [3.05, 3.63) is 29.8 Å². The first-order valence-electron chi connectivity index (χ1n) is 8.24. The minimum atomic E-state index is -1.57. The Labute approximate surface area is 134 Å². The number of carbonyl (C=O) groups is 2. The highest BCUT2D eigenvalue weighted by atomic mass is 16.3. The quantitative estimate of drug-likeness (QED) is 0.675. The van der Waals surface area contributed by atoms with Gasteiger partial charge in [-0.15, -0.1) is 0 Å². The van der Waals surface area contributed by atoms with E-state index in [0.717, 1.165) is 24.7 Å². The molecule has 23 heavy (non-hydrogen) atoms. The van der Waals surface area contributed by atoms with Gasteiger partial charge in [-0.1, -0.05) is 18.2 Å². The van der Waals surface area contributed by atoms with E-state index in [1.54, 1.807) is 18.2 Å². The maximum absolute atomic E-state index is 12.1. The zero-order chi connectivity index (χ0) is 16.0. The van der Waals surface area contributed by atoms with Crippen molar-refractivity contribution < 1.29 is 14.7 Å². The summed E-state index contributed by atoms with van der Waals surface area (Å²) in [6.07, 6.45) is 3.64. The average molecular weight is 315 g/mol. The van der Waals surface area contributed by atoms with E-state index < -0.39 is 11.5 Å². The first kappa shape index (κ1) is 14.5. The van der Waals surface area contributed by atoms with E-state index in [1.165, 1.54) is 6.42 Å². The lowest BCUT2D eigenvalue weighted by Crippen LogP contribution is -2.44. The van der Waals surface area contributed by atoms with Gasteiger partial charge in [-0.3, -0.25) is 4.79 Å². The van der Waals surface area contributed by atoms with Crippen molar-refractivity contribution in [3.63, 3.8) is 0 Å². The molecule has 1 heterocycles. The van der Waals surface area contributed by atoms with Crippen molar-refractivity contribution in [1.82, 2.24) is 10.6 Å². The van der Waals surface area contributed by atoms with Crippen LogP contribution in [0.4, 0.5) is 10.5 Å². The molecule has 4 N–H and O–H groups in total.